The maximum absolute atomic E-state index is 13.0. The quantitative estimate of drug-likeness (QED) is 0.455. The van der Waals surface area contributed by atoms with Gasteiger partial charge in [-0.3, -0.25) is 0 Å². The van der Waals surface area contributed by atoms with Gasteiger partial charge in [-0.15, -0.1) is 4.71 Å². The molecule has 0 rings (SSSR count). The van der Waals surface area contributed by atoms with Gasteiger partial charge in [-0.05, 0) is 18.3 Å². The summed E-state index contributed by atoms with van der Waals surface area (Å²) in [7, 11) is 0. The van der Waals surface area contributed by atoms with E-state index in [9.17, 15) is 17.7 Å². The van der Waals surface area contributed by atoms with Crippen LogP contribution in [-0.2, 0) is 0 Å². The van der Waals surface area contributed by atoms with E-state index >= 15 is 0 Å². The normalized spacial score (nSPS) is 13.6. The van der Waals surface area contributed by atoms with Gasteiger partial charge in [0.1, 0.15) is 13.1 Å². The summed E-state index contributed by atoms with van der Waals surface area (Å²) in [6.45, 7) is 1.12. The first kappa shape index (κ1) is 10.7. The SMILES string of the molecule is CC[N+](F)(CC)CC(F)(F)F. The van der Waals surface area contributed by atoms with Crippen molar-refractivity contribution < 1.29 is 22.4 Å². The maximum atomic E-state index is 13.0. The van der Waals surface area contributed by atoms with E-state index in [0.29, 0.717) is 0 Å². The van der Waals surface area contributed by atoms with Crippen LogP contribution in [0.2, 0.25) is 0 Å². The van der Waals surface area contributed by atoms with Crippen LogP contribution in [0.4, 0.5) is 17.7 Å². The highest BCUT2D eigenvalue weighted by Crippen LogP contribution is 2.21. The zero-order chi connectivity index (χ0) is 9.12. The predicted octanol–water partition coefficient (Wildman–Crippen LogP) is 2.29. The molecule has 0 aliphatic carbocycles. The molecule has 68 valence electrons. The van der Waals surface area contributed by atoms with E-state index in [-0.39, 0.29) is 13.1 Å². The van der Waals surface area contributed by atoms with Crippen LogP contribution in [0.15, 0.2) is 0 Å². The second kappa shape index (κ2) is 3.38. The van der Waals surface area contributed by atoms with Crippen LogP contribution in [0.3, 0.4) is 0 Å². The molecule has 0 saturated heterocycles. The van der Waals surface area contributed by atoms with Gasteiger partial charge in [-0.25, -0.2) is 0 Å². The molecule has 0 aromatic carbocycles. The topological polar surface area (TPSA) is 0 Å². The minimum Gasteiger partial charge on any atom is -0.165 e. The largest absolute Gasteiger partial charge is 0.441 e. The first-order chi connectivity index (χ1) is 4.83. The number of alkyl halides is 3. The molecular formula is C6H12F4N+. The van der Waals surface area contributed by atoms with Crippen LogP contribution in [0.1, 0.15) is 13.8 Å². The van der Waals surface area contributed by atoms with Gasteiger partial charge in [0.05, 0.1) is 0 Å². The lowest BCUT2D eigenvalue weighted by Crippen LogP contribution is -2.46. The van der Waals surface area contributed by atoms with Gasteiger partial charge < -0.3 is 0 Å². The molecule has 0 fully saturated rings. The first-order valence-electron chi connectivity index (χ1n) is 3.45. The summed E-state index contributed by atoms with van der Waals surface area (Å²) in [6.07, 6.45) is -4.42. The summed E-state index contributed by atoms with van der Waals surface area (Å²) >= 11 is 0. The summed E-state index contributed by atoms with van der Waals surface area (Å²) < 4.78 is 46.5. The van der Waals surface area contributed by atoms with Gasteiger partial charge in [0, 0.05) is 0 Å². The van der Waals surface area contributed by atoms with E-state index in [1.807, 2.05) is 0 Å². The number of hydrogen-bond donors (Lipinski definition) is 0. The van der Waals surface area contributed by atoms with E-state index in [1.165, 1.54) is 13.8 Å². The number of nitrogens with zero attached hydrogens (tertiary/aromatic N) is 1. The third-order valence-electron chi connectivity index (χ3n) is 1.60. The van der Waals surface area contributed by atoms with Gasteiger partial charge >= 0.3 is 6.18 Å². The van der Waals surface area contributed by atoms with Crippen molar-refractivity contribution in [3.8, 4) is 0 Å². The summed E-state index contributed by atoms with van der Waals surface area (Å²) in [6, 6.07) is 0. The van der Waals surface area contributed by atoms with Crippen molar-refractivity contribution in [2.75, 3.05) is 19.6 Å². The molecule has 0 unspecified atom stereocenters. The zero-order valence-corrected chi connectivity index (χ0v) is 6.58. The van der Waals surface area contributed by atoms with Gasteiger partial charge in [-0.2, -0.15) is 13.2 Å². The van der Waals surface area contributed by atoms with E-state index in [1.54, 1.807) is 0 Å². The predicted molar refractivity (Wildman–Crippen MR) is 33.4 cm³/mol. The smallest absolute Gasteiger partial charge is 0.165 e. The molecule has 0 saturated carbocycles. The minimum absolute atomic E-state index is 0.143. The fourth-order valence-electron chi connectivity index (χ4n) is 0.769. The molecule has 0 atom stereocenters. The van der Waals surface area contributed by atoms with Crippen LogP contribution in [0.5, 0.6) is 0 Å². The fourth-order valence-corrected chi connectivity index (χ4v) is 0.769. The third kappa shape index (κ3) is 4.19. The molecule has 0 N–H and O–H groups in total. The van der Waals surface area contributed by atoms with Crippen LogP contribution in [-0.4, -0.2) is 30.5 Å². The number of quaternary nitrogens is 1. The second-order valence-electron chi connectivity index (χ2n) is 2.44. The first-order valence-corrected chi connectivity index (χ1v) is 3.45. The van der Waals surface area contributed by atoms with Crippen LogP contribution in [0, 0.1) is 0 Å². The summed E-state index contributed by atoms with van der Waals surface area (Å²) in [4.78, 5) is 0. The molecule has 0 heterocycles. The lowest BCUT2D eigenvalue weighted by molar-refractivity contribution is -1.06. The van der Waals surface area contributed by atoms with Crippen LogP contribution >= 0.6 is 0 Å². The Labute approximate surface area is 63.1 Å². The summed E-state index contributed by atoms with van der Waals surface area (Å²) in [5.41, 5.74) is 0. The molecule has 0 aliphatic rings. The monoisotopic (exact) mass is 174 g/mol. The van der Waals surface area contributed by atoms with E-state index in [2.05, 4.69) is 0 Å². The third-order valence-corrected chi connectivity index (χ3v) is 1.60. The standard InChI is InChI=1S/C6H12F4N/c1-3-11(10,4-2)5-6(7,8)9/h3-5H2,1-2H3/q+1. The highest BCUT2D eigenvalue weighted by Gasteiger charge is 2.41. The average molecular weight is 174 g/mol. The molecule has 0 spiro atoms. The minimum atomic E-state index is -4.42. The molecule has 11 heavy (non-hydrogen) atoms. The van der Waals surface area contributed by atoms with Crippen LogP contribution in [0.25, 0.3) is 0 Å². The Balaban J connectivity index is 4.08. The molecule has 5 heteroatoms. The Morgan fingerprint density at radius 3 is 1.55 bits per heavy atom. The lowest BCUT2D eigenvalue weighted by atomic mass is 10.4. The number of rotatable bonds is 3. The molecule has 0 bridgehead atoms. The summed E-state index contributed by atoms with van der Waals surface area (Å²) in [5.74, 6) is 0. The average Bonchev–Trinajstić information content (AvgIpc) is 1.84. The molecule has 0 aliphatic heterocycles. The highest BCUT2D eigenvalue weighted by atomic mass is 19.4. The van der Waals surface area contributed by atoms with Crippen molar-refractivity contribution in [1.82, 2.24) is 0 Å². The van der Waals surface area contributed by atoms with Gasteiger partial charge in [0.2, 0.25) is 6.54 Å². The van der Waals surface area contributed by atoms with Crippen molar-refractivity contribution in [3.05, 3.63) is 0 Å². The maximum Gasteiger partial charge on any atom is 0.441 e. The molecule has 0 radical (unpaired) electrons. The van der Waals surface area contributed by atoms with Crippen molar-refractivity contribution in [1.29, 1.82) is 0 Å². The fraction of sp³-hybridized carbons (Fsp3) is 1.00. The van der Waals surface area contributed by atoms with E-state index in [4.69, 9.17) is 0 Å². The second-order valence-corrected chi connectivity index (χ2v) is 2.44. The van der Waals surface area contributed by atoms with Gasteiger partial charge in [-0.1, -0.05) is 0 Å². The highest BCUT2D eigenvalue weighted by molar-refractivity contribution is 4.45. The van der Waals surface area contributed by atoms with Gasteiger partial charge in [0.15, 0.2) is 0 Å². The Morgan fingerprint density at radius 2 is 1.45 bits per heavy atom. The lowest BCUT2D eigenvalue weighted by Gasteiger charge is -2.23. The van der Waals surface area contributed by atoms with Crippen LogP contribution < -0.4 is 0 Å². The van der Waals surface area contributed by atoms with Crippen molar-refractivity contribution >= 4 is 0 Å². The molecule has 0 amide bonds. The molecule has 0 aromatic rings. The van der Waals surface area contributed by atoms with Crippen molar-refractivity contribution in [2.24, 2.45) is 0 Å². The Hall–Kier alpha value is -0.320. The Kier molecular flexibility index (Phi) is 3.29. The van der Waals surface area contributed by atoms with E-state index in [0.717, 1.165) is 0 Å². The van der Waals surface area contributed by atoms with Crippen molar-refractivity contribution in [2.45, 2.75) is 20.0 Å². The van der Waals surface area contributed by atoms with Crippen molar-refractivity contribution in [3.63, 3.8) is 0 Å². The Bertz CT molecular complexity index is 116. The molecule has 0 aromatic heterocycles. The zero-order valence-electron chi connectivity index (χ0n) is 6.58. The van der Waals surface area contributed by atoms with E-state index < -0.39 is 17.4 Å². The van der Waals surface area contributed by atoms with Gasteiger partial charge in [0.25, 0.3) is 0 Å². The molecule has 1 nitrogen and oxygen atoms in total. The summed E-state index contributed by atoms with van der Waals surface area (Å²) in [5, 5.41) is 0. The Morgan fingerprint density at radius 1 is 1.09 bits per heavy atom. The number of hydrogen-bond acceptors (Lipinski definition) is 0. The number of halogens is 4. The molecular weight excluding hydrogens is 162 g/mol.